The van der Waals surface area contributed by atoms with Crippen molar-refractivity contribution in [1.82, 2.24) is 4.98 Å². The van der Waals surface area contributed by atoms with Crippen LogP contribution in [0.5, 0.6) is 0 Å². The largest absolute Gasteiger partial charge is 0.500 e. The average Bonchev–Trinajstić information content (AvgIpc) is 2.32. The molecule has 5 nitrogen and oxygen atoms in total. The van der Waals surface area contributed by atoms with Crippen LogP contribution in [0, 0.1) is 0 Å². The lowest BCUT2D eigenvalue weighted by Crippen LogP contribution is -2.14. The van der Waals surface area contributed by atoms with E-state index in [-0.39, 0.29) is 17.3 Å². The number of aromatic nitrogens is 1. The van der Waals surface area contributed by atoms with Crippen molar-refractivity contribution in [2.45, 2.75) is 6.92 Å². The molecule has 0 fully saturated rings. The molecule has 0 spiro atoms. The smallest absolute Gasteiger partial charge is 0.342 e. The first-order valence-electron chi connectivity index (χ1n) is 4.88. The maximum Gasteiger partial charge on any atom is 0.342 e. The summed E-state index contributed by atoms with van der Waals surface area (Å²) in [5.41, 5.74) is -0.502. The van der Waals surface area contributed by atoms with Crippen LogP contribution in [0.25, 0.3) is 0 Å². The first kappa shape index (κ1) is 14.7. The van der Waals surface area contributed by atoms with Gasteiger partial charge in [0.1, 0.15) is 17.0 Å². The van der Waals surface area contributed by atoms with E-state index in [0.29, 0.717) is 4.47 Å². The Morgan fingerprint density at radius 3 is 2.83 bits per heavy atom. The SMILES string of the molecule is CCO/C=C(\C(=O)O)C(=O)c1cc(Br)cnc1Cl. The molecule has 1 rings (SSSR count). The van der Waals surface area contributed by atoms with E-state index < -0.39 is 17.3 Å². The summed E-state index contributed by atoms with van der Waals surface area (Å²) >= 11 is 8.89. The van der Waals surface area contributed by atoms with Crippen molar-refractivity contribution >= 4 is 39.3 Å². The molecule has 0 saturated heterocycles. The topological polar surface area (TPSA) is 76.5 Å². The molecule has 1 heterocycles. The van der Waals surface area contributed by atoms with Crippen LogP contribution in [-0.4, -0.2) is 28.4 Å². The van der Waals surface area contributed by atoms with Crippen molar-refractivity contribution < 1.29 is 19.4 Å². The summed E-state index contributed by atoms with van der Waals surface area (Å²) < 4.78 is 5.36. The molecule has 96 valence electrons. The maximum atomic E-state index is 12.0. The first-order chi connectivity index (χ1) is 8.47. The second-order valence-electron chi connectivity index (χ2n) is 3.11. The minimum Gasteiger partial charge on any atom is -0.500 e. The Kier molecular flexibility index (Phi) is 5.30. The lowest BCUT2D eigenvalue weighted by Gasteiger charge is -2.04. The van der Waals surface area contributed by atoms with Crippen molar-refractivity contribution in [1.29, 1.82) is 0 Å². The zero-order valence-corrected chi connectivity index (χ0v) is 11.7. The number of ether oxygens (including phenoxy) is 1. The van der Waals surface area contributed by atoms with Gasteiger partial charge in [0.25, 0.3) is 0 Å². The zero-order valence-electron chi connectivity index (χ0n) is 9.31. The van der Waals surface area contributed by atoms with E-state index in [2.05, 4.69) is 20.9 Å². The molecule has 0 unspecified atom stereocenters. The molecule has 0 aliphatic heterocycles. The predicted molar refractivity (Wildman–Crippen MR) is 68.6 cm³/mol. The number of Topliss-reactive ketones (excluding diaryl/α,β-unsaturated/α-hetero) is 1. The van der Waals surface area contributed by atoms with E-state index >= 15 is 0 Å². The van der Waals surface area contributed by atoms with Gasteiger partial charge < -0.3 is 9.84 Å². The van der Waals surface area contributed by atoms with Gasteiger partial charge in [-0.1, -0.05) is 11.6 Å². The van der Waals surface area contributed by atoms with Gasteiger partial charge in [0.05, 0.1) is 12.2 Å². The van der Waals surface area contributed by atoms with E-state index in [1.54, 1.807) is 6.92 Å². The molecule has 1 aromatic rings. The molecule has 0 radical (unpaired) electrons. The third-order valence-electron chi connectivity index (χ3n) is 1.89. The molecule has 0 aliphatic rings. The number of nitrogens with zero attached hydrogens (tertiary/aromatic N) is 1. The number of aliphatic carboxylic acids is 1. The number of carbonyl (C=O) groups excluding carboxylic acids is 1. The molecule has 1 N–H and O–H groups in total. The van der Waals surface area contributed by atoms with E-state index in [0.717, 1.165) is 6.26 Å². The van der Waals surface area contributed by atoms with E-state index in [1.165, 1.54) is 12.3 Å². The van der Waals surface area contributed by atoms with Gasteiger partial charge in [-0.05, 0) is 28.9 Å². The summed E-state index contributed by atoms with van der Waals surface area (Å²) in [6.45, 7) is 1.93. The van der Waals surface area contributed by atoms with Gasteiger partial charge >= 0.3 is 5.97 Å². The van der Waals surface area contributed by atoms with Gasteiger partial charge in [-0.25, -0.2) is 9.78 Å². The number of hydrogen-bond donors (Lipinski definition) is 1. The summed E-state index contributed by atoms with van der Waals surface area (Å²) in [5, 5.41) is 8.88. The minimum absolute atomic E-state index is 0.000560. The number of rotatable bonds is 5. The lowest BCUT2D eigenvalue weighted by atomic mass is 10.1. The van der Waals surface area contributed by atoms with Crippen molar-refractivity contribution in [2.24, 2.45) is 0 Å². The van der Waals surface area contributed by atoms with Crippen LogP contribution in [0.3, 0.4) is 0 Å². The number of halogens is 2. The fraction of sp³-hybridized carbons (Fsp3) is 0.182. The number of pyridine rings is 1. The molecule has 0 aromatic carbocycles. The highest BCUT2D eigenvalue weighted by molar-refractivity contribution is 9.10. The van der Waals surface area contributed by atoms with Crippen LogP contribution in [-0.2, 0) is 9.53 Å². The van der Waals surface area contributed by atoms with Gasteiger partial charge in [0, 0.05) is 10.7 Å². The number of carbonyl (C=O) groups is 2. The quantitative estimate of drug-likeness (QED) is 0.224. The first-order valence-corrected chi connectivity index (χ1v) is 6.05. The Balaban J connectivity index is 3.18. The molecule has 18 heavy (non-hydrogen) atoms. The minimum atomic E-state index is -1.38. The number of carboxylic acids is 1. The Labute approximate surface area is 117 Å². The highest BCUT2D eigenvalue weighted by atomic mass is 79.9. The predicted octanol–water partition coefficient (Wildman–Crippen LogP) is 2.69. The third-order valence-corrected chi connectivity index (χ3v) is 2.63. The van der Waals surface area contributed by atoms with Crippen molar-refractivity contribution in [3.05, 3.63) is 39.3 Å². The summed E-state index contributed by atoms with van der Waals surface area (Å²) in [7, 11) is 0. The van der Waals surface area contributed by atoms with Crippen LogP contribution in [0.4, 0.5) is 0 Å². The van der Waals surface area contributed by atoms with E-state index in [1.807, 2.05) is 0 Å². The highest BCUT2D eigenvalue weighted by Crippen LogP contribution is 2.21. The van der Waals surface area contributed by atoms with Gasteiger partial charge in [0.2, 0.25) is 5.78 Å². The molecule has 0 amide bonds. The summed E-state index contributed by atoms with van der Waals surface area (Å²) in [5.74, 6) is -2.14. The van der Waals surface area contributed by atoms with Crippen molar-refractivity contribution in [3.8, 4) is 0 Å². The van der Waals surface area contributed by atoms with Crippen LogP contribution in [0.2, 0.25) is 5.15 Å². The number of carboxylic acid groups (broad SMARTS) is 1. The second kappa shape index (κ2) is 6.51. The maximum absolute atomic E-state index is 12.0. The van der Waals surface area contributed by atoms with Crippen molar-refractivity contribution in [3.63, 3.8) is 0 Å². The molecule has 0 bridgehead atoms. The van der Waals surface area contributed by atoms with Gasteiger partial charge in [0.15, 0.2) is 0 Å². The van der Waals surface area contributed by atoms with Crippen LogP contribution < -0.4 is 0 Å². The Hall–Kier alpha value is -1.40. The summed E-state index contributed by atoms with van der Waals surface area (Å²) in [6.07, 6.45) is 2.31. The average molecular weight is 335 g/mol. The van der Waals surface area contributed by atoms with Crippen LogP contribution in [0.15, 0.2) is 28.6 Å². The Morgan fingerprint density at radius 1 is 1.61 bits per heavy atom. The Morgan fingerprint density at radius 2 is 2.28 bits per heavy atom. The molecule has 1 aromatic heterocycles. The van der Waals surface area contributed by atoms with Crippen LogP contribution >= 0.6 is 27.5 Å². The normalized spacial score (nSPS) is 11.2. The van der Waals surface area contributed by atoms with Gasteiger partial charge in [-0.15, -0.1) is 0 Å². The van der Waals surface area contributed by atoms with Crippen molar-refractivity contribution in [2.75, 3.05) is 6.61 Å². The monoisotopic (exact) mass is 333 g/mol. The fourth-order valence-corrected chi connectivity index (χ4v) is 1.62. The van der Waals surface area contributed by atoms with Gasteiger partial charge in [-0.3, -0.25) is 4.79 Å². The standard InChI is InChI=1S/C11H9BrClNO4/c1-2-18-5-8(11(16)17)9(15)7-3-6(12)4-14-10(7)13/h3-5H,2H2,1H3,(H,16,17)/b8-5-. The zero-order chi connectivity index (χ0) is 13.7. The molecule has 0 aliphatic carbocycles. The van der Waals surface area contributed by atoms with E-state index in [4.69, 9.17) is 21.4 Å². The molecular formula is C11H9BrClNO4. The fourth-order valence-electron chi connectivity index (χ4n) is 1.09. The number of ketones is 1. The molecule has 7 heteroatoms. The van der Waals surface area contributed by atoms with Crippen LogP contribution in [0.1, 0.15) is 17.3 Å². The third kappa shape index (κ3) is 3.54. The summed E-state index contributed by atoms with van der Waals surface area (Å²) in [4.78, 5) is 26.7. The molecule has 0 saturated carbocycles. The summed E-state index contributed by atoms with van der Waals surface area (Å²) in [6, 6.07) is 1.40. The lowest BCUT2D eigenvalue weighted by molar-refractivity contribution is -0.132. The highest BCUT2D eigenvalue weighted by Gasteiger charge is 2.23. The van der Waals surface area contributed by atoms with E-state index in [9.17, 15) is 9.59 Å². The molecule has 0 atom stereocenters. The second-order valence-corrected chi connectivity index (χ2v) is 4.39. The Bertz CT molecular complexity index is 516. The van der Waals surface area contributed by atoms with Gasteiger partial charge in [-0.2, -0.15) is 0 Å². The molecular weight excluding hydrogens is 325 g/mol. The number of hydrogen-bond acceptors (Lipinski definition) is 4.